The van der Waals surface area contributed by atoms with Crippen LogP contribution in [-0.4, -0.2) is 43.0 Å². The van der Waals surface area contributed by atoms with Crippen molar-refractivity contribution in [2.24, 2.45) is 0 Å². The molecule has 0 spiro atoms. The van der Waals surface area contributed by atoms with E-state index in [1.165, 1.54) is 11.1 Å². The Balaban J connectivity index is 0.00000176. The Kier molecular flexibility index (Phi) is 11.5. The van der Waals surface area contributed by atoms with Crippen LogP contribution in [0.15, 0.2) is 60.7 Å². The van der Waals surface area contributed by atoms with E-state index >= 15 is 0 Å². The average molecular weight is 435 g/mol. The summed E-state index contributed by atoms with van der Waals surface area (Å²) in [7, 11) is 0. The van der Waals surface area contributed by atoms with E-state index in [9.17, 15) is 4.79 Å². The maximum atomic E-state index is 12.3. The predicted molar refractivity (Wildman–Crippen MR) is 132 cm³/mol. The topological polar surface area (TPSA) is 68.2 Å². The van der Waals surface area contributed by atoms with Crippen LogP contribution in [0, 0.1) is 11.3 Å². The first-order valence-corrected chi connectivity index (χ1v) is 11.9. The fourth-order valence-corrected chi connectivity index (χ4v) is 4.15. The lowest BCUT2D eigenvalue weighted by Crippen LogP contribution is -2.42. The molecule has 5 nitrogen and oxygen atoms in total. The van der Waals surface area contributed by atoms with Gasteiger partial charge in [-0.05, 0) is 48.8 Å². The lowest BCUT2D eigenvalue weighted by atomic mass is 9.92. The van der Waals surface area contributed by atoms with E-state index in [0.717, 1.165) is 44.2 Å². The van der Waals surface area contributed by atoms with Crippen molar-refractivity contribution in [3.05, 3.63) is 71.8 Å². The van der Waals surface area contributed by atoms with Crippen molar-refractivity contribution >= 4 is 5.91 Å². The molecule has 172 valence electrons. The number of aryl methyl sites for hydroxylation is 1. The molecule has 1 aromatic carbocycles. The Hall–Kier alpha value is -2.68. The smallest absolute Gasteiger partial charge is 0.237 e. The van der Waals surface area contributed by atoms with Crippen LogP contribution in [0.1, 0.15) is 56.7 Å². The van der Waals surface area contributed by atoms with Gasteiger partial charge in [0, 0.05) is 19.6 Å². The third kappa shape index (κ3) is 7.47. The van der Waals surface area contributed by atoms with E-state index in [2.05, 4.69) is 71.9 Å². The first kappa shape index (κ1) is 25.6. The van der Waals surface area contributed by atoms with Crippen molar-refractivity contribution in [3.8, 4) is 6.07 Å². The lowest BCUT2D eigenvalue weighted by molar-refractivity contribution is -0.130. The van der Waals surface area contributed by atoms with Gasteiger partial charge in [-0.3, -0.25) is 4.79 Å². The number of hydrogen-bond acceptors (Lipinski definition) is 4. The number of likely N-dealkylation sites (tertiary alicyclic amines) is 1. The number of benzene rings is 1. The van der Waals surface area contributed by atoms with E-state index in [0.29, 0.717) is 13.1 Å². The second kappa shape index (κ2) is 14.4. The summed E-state index contributed by atoms with van der Waals surface area (Å²) in [5.74, 6) is 0.0125. The van der Waals surface area contributed by atoms with Crippen LogP contribution in [0.3, 0.4) is 0 Å². The molecular weight excluding hydrogens is 396 g/mol. The zero-order valence-electron chi connectivity index (χ0n) is 19.6. The number of nitrogens with zero attached hydrogens (tertiary/aromatic N) is 2. The zero-order valence-corrected chi connectivity index (χ0v) is 19.6. The van der Waals surface area contributed by atoms with E-state index < -0.39 is 0 Å². The maximum absolute atomic E-state index is 12.3. The lowest BCUT2D eigenvalue weighted by Gasteiger charge is -2.23. The Morgan fingerprint density at radius 2 is 2.03 bits per heavy atom. The third-order valence-electron chi connectivity index (χ3n) is 5.76. The maximum Gasteiger partial charge on any atom is 0.237 e. The number of allylic oxidation sites excluding steroid dienone is 3. The molecule has 1 heterocycles. The zero-order chi connectivity index (χ0) is 23.2. The molecule has 1 amide bonds. The minimum Gasteiger partial charge on any atom is -0.326 e. The number of fused-ring (bicyclic) bond motifs is 1. The van der Waals surface area contributed by atoms with Gasteiger partial charge < -0.3 is 15.5 Å². The Bertz CT molecular complexity index is 836. The second-order valence-electron chi connectivity index (χ2n) is 7.89. The predicted octanol–water partition coefficient (Wildman–Crippen LogP) is 4.45. The molecule has 1 aliphatic carbocycles. The molecule has 0 aromatic heterocycles. The molecule has 0 saturated carbocycles. The summed E-state index contributed by atoms with van der Waals surface area (Å²) in [5.41, 5.74) is 3.66. The molecule has 1 aromatic rings. The molecule has 2 N–H and O–H groups in total. The third-order valence-corrected chi connectivity index (χ3v) is 5.76. The molecule has 0 bridgehead atoms. The monoisotopic (exact) mass is 434 g/mol. The van der Waals surface area contributed by atoms with Gasteiger partial charge in [-0.1, -0.05) is 69.0 Å². The SMILES string of the molecule is C=C1/C=C\C=C/CCCc2ccccc2C1NCCNCC(=O)N1CCC[C@H]1C#N.CC. The molecule has 1 saturated heterocycles. The van der Waals surface area contributed by atoms with Gasteiger partial charge >= 0.3 is 0 Å². The minimum atomic E-state index is -0.259. The number of nitrogens with one attached hydrogen (secondary N) is 2. The van der Waals surface area contributed by atoms with Gasteiger partial charge in [0.25, 0.3) is 0 Å². The Morgan fingerprint density at radius 3 is 2.84 bits per heavy atom. The van der Waals surface area contributed by atoms with Gasteiger partial charge in [0.05, 0.1) is 18.7 Å². The molecule has 2 aliphatic rings. The molecule has 0 radical (unpaired) electrons. The van der Waals surface area contributed by atoms with Crippen LogP contribution in [-0.2, 0) is 11.2 Å². The summed E-state index contributed by atoms with van der Waals surface area (Å²) >= 11 is 0. The fourth-order valence-electron chi connectivity index (χ4n) is 4.15. The molecule has 1 unspecified atom stereocenters. The number of carbonyl (C=O) groups is 1. The van der Waals surface area contributed by atoms with Gasteiger partial charge in [-0.2, -0.15) is 5.26 Å². The summed E-state index contributed by atoms with van der Waals surface area (Å²) in [6, 6.07) is 10.6. The second-order valence-corrected chi connectivity index (χ2v) is 7.89. The number of amides is 1. The highest BCUT2D eigenvalue weighted by Crippen LogP contribution is 2.26. The Morgan fingerprint density at radius 1 is 1.22 bits per heavy atom. The fraction of sp³-hybridized carbons (Fsp3) is 0.481. The van der Waals surface area contributed by atoms with Crippen molar-refractivity contribution < 1.29 is 4.79 Å². The normalized spacial score (nSPS) is 22.5. The number of hydrogen-bond donors (Lipinski definition) is 2. The Labute approximate surface area is 193 Å². The van der Waals surface area contributed by atoms with Crippen LogP contribution >= 0.6 is 0 Å². The van der Waals surface area contributed by atoms with E-state index in [4.69, 9.17) is 5.26 Å². The quantitative estimate of drug-likeness (QED) is 0.649. The van der Waals surface area contributed by atoms with Crippen LogP contribution in [0.4, 0.5) is 0 Å². The molecule has 1 fully saturated rings. The molecule has 1 aliphatic heterocycles. The summed E-state index contributed by atoms with van der Waals surface area (Å²) in [6.45, 7) is 10.7. The van der Waals surface area contributed by atoms with E-state index in [-0.39, 0.29) is 24.5 Å². The largest absolute Gasteiger partial charge is 0.326 e. The standard InChI is InChI=1S/C25H32N4O.C2H6/c1-20-10-5-3-2-4-6-11-21-12-7-8-14-23(21)25(20)28-16-15-27-19-24(30)29-17-9-13-22(29)18-26;1-2/h2-3,5,7-8,10,12,14,22,25,27-28H,1,4,6,9,11,13,15-17,19H2;1-2H3/b3-2-,10-5-;/t22-,25?;/m0./s1. The van der Waals surface area contributed by atoms with E-state index in [1.54, 1.807) is 4.90 Å². The van der Waals surface area contributed by atoms with Gasteiger partial charge in [-0.25, -0.2) is 0 Å². The van der Waals surface area contributed by atoms with E-state index in [1.807, 2.05) is 13.8 Å². The van der Waals surface area contributed by atoms with Crippen LogP contribution in [0.5, 0.6) is 0 Å². The summed E-state index contributed by atoms with van der Waals surface area (Å²) in [4.78, 5) is 14.0. The van der Waals surface area contributed by atoms with Gasteiger partial charge in [-0.15, -0.1) is 0 Å². The van der Waals surface area contributed by atoms with Gasteiger partial charge in [0.1, 0.15) is 6.04 Å². The van der Waals surface area contributed by atoms with Gasteiger partial charge in [0.15, 0.2) is 0 Å². The molecule has 32 heavy (non-hydrogen) atoms. The number of rotatable bonds is 6. The van der Waals surface area contributed by atoms with Crippen molar-refractivity contribution in [3.63, 3.8) is 0 Å². The highest BCUT2D eigenvalue weighted by atomic mass is 16.2. The first-order chi connectivity index (χ1) is 15.7. The summed E-state index contributed by atoms with van der Waals surface area (Å²) in [5, 5.41) is 16.0. The molecule has 3 rings (SSSR count). The van der Waals surface area contributed by atoms with Crippen molar-refractivity contribution in [1.29, 1.82) is 5.26 Å². The van der Waals surface area contributed by atoms with Crippen molar-refractivity contribution in [2.45, 2.75) is 58.0 Å². The summed E-state index contributed by atoms with van der Waals surface area (Å²) in [6.07, 6.45) is 13.4. The van der Waals surface area contributed by atoms with Gasteiger partial charge in [0.2, 0.25) is 5.91 Å². The highest BCUT2D eigenvalue weighted by Gasteiger charge is 2.27. The van der Waals surface area contributed by atoms with Crippen LogP contribution < -0.4 is 10.6 Å². The average Bonchev–Trinajstić information content (AvgIpc) is 3.30. The number of nitriles is 1. The molecule has 2 atom stereocenters. The molecule has 5 heteroatoms. The minimum absolute atomic E-state index is 0.0125. The van der Waals surface area contributed by atoms with Crippen molar-refractivity contribution in [1.82, 2.24) is 15.5 Å². The van der Waals surface area contributed by atoms with Crippen molar-refractivity contribution in [2.75, 3.05) is 26.2 Å². The number of carbonyl (C=O) groups excluding carboxylic acids is 1. The summed E-state index contributed by atoms with van der Waals surface area (Å²) < 4.78 is 0. The molecular formula is C27H38N4O. The highest BCUT2D eigenvalue weighted by molar-refractivity contribution is 5.79. The van der Waals surface area contributed by atoms with Crippen LogP contribution in [0.25, 0.3) is 0 Å². The van der Waals surface area contributed by atoms with Crippen LogP contribution in [0.2, 0.25) is 0 Å². The first-order valence-electron chi connectivity index (χ1n) is 11.9.